The summed E-state index contributed by atoms with van der Waals surface area (Å²) in [5.41, 5.74) is 1.09. The van der Waals surface area contributed by atoms with Crippen molar-refractivity contribution in [3.05, 3.63) is 23.8 Å². The molecule has 10 heteroatoms. The number of carbonyl (C=O) groups is 1. The molecule has 0 radical (unpaired) electrons. The van der Waals surface area contributed by atoms with Crippen LogP contribution in [0.15, 0.2) is 18.2 Å². The number of amides is 1. The van der Waals surface area contributed by atoms with Gasteiger partial charge in [0.05, 0.1) is 16.3 Å². The Morgan fingerprint density at radius 2 is 1.84 bits per heavy atom. The van der Waals surface area contributed by atoms with E-state index in [1.54, 1.807) is 32.0 Å². The molecule has 1 aliphatic carbocycles. The highest BCUT2D eigenvalue weighted by atomic mass is 32.2. The molecule has 1 amide bonds. The van der Waals surface area contributed by atoms with E-state index in [0.29, 0.717) is 22.5 Å². The first-order valence-corrected chi connectivity index (χ1v) is 12.4. The van der Waals surface area contributed by atoms with Crippen molar-refractivity contribution in [1.82, 2.24) is 14.3 Å². The van der Waals surface area contributed by atoms with Gasteiger partial charge in [-0.25, -0.2) is 22.2 Å². The van der Waals surface area contributed by atoms with Crippen LogP contribution in [0.1, 0.15) is 65.9 Å². The smallest absolute Gasteiger partial charge is 0.407 e. The highest BCUT2D eigenvalue weighted by Crippen LogP contribution is 2.28. The van der Waals surface area contributed by atoms with Gasteiger partial charge in [-0.1, -0.05) is 6.07 Å². The van der Waals surface area contributed by atoms with Crippen LogP contribution in [0.25, 0.3) is 11.0 Å². The zero-order chi connectivity index (χ0) is 23.7. The Labute approximate surface area is 189 Å². The first-order chi connectivity index (χ1) is 14.9. The number of imidazole rings is 1. The van der Waals surface area contributed by atoms with Crippen molar-refractivity contribution < 1.29 is 17.9 Å². The third-order valence-electron chi connectivity index (χ3n) is 5.44. The number of benzene rings is 1. The number of hydrogen-bond acceptors (Lipinski definition) is 7. The number of ether oxygens (including phenoxy) is 1. The number of hydrogen-bond donors (Lipinski definition) is 3. The summed E-state index contributed by atoms with van der Waals surface area (Å²) in [7, 11) is -3.67. The van der Waals surface area contributed by atoms with E-state index in [0.717, 1.165) is 25.7 Å². The van der Waals surface area contributed by atoms with E-state index in [1.165, 1.54) is 10.2 Å². The summed E-state index contributed by atoms with van der Waals surface area (Å²) in [6.07, 6.45) is 3.80. The van der Waals surface area contributed by atoms with Gasteiger partial charge < -0.3 is 20.8 Å². The monoisotopic (exact) mass is 463 g/mol. The molecule has 0 unspecified atom stereocenters. The van der Waals surface area contributed by atoms with Gasteiger partial charge in [0.25, 0.3) is 0 Å². The van der Waals surface area contributed by atoms with Crippen LogP contribution in [0.2, 0.25) is 0 Å². The third kappa shape index (κ3) is 5.40. The van der Waals surface area contributed by atoms with E-state index in [4.69, 9.17) is 10.1 Å². The Balaban J connectivity index is 1.77. The van der Waals surface area contributed by atoms with Gasteiger partial charge in [-0.15, -0.1) is 0 Å². The second kappa shape index (κ2) is 9.09. The lowest BCUT2D eigenvalue weighted by molar-refractivity contribution is 0.0492. The third-order valence-corrected chi connectivity index (χ3v) is 7.51. The van der Waals surface area contributed by atoms with Crippen molar-refractivity contribution in [2.75, 3.05) is 5.32 Å². The van der Waals surface area contributed by atoms with Gasteiger partial charge in [0.15, 0.2) is 0 Å². The topological polar surface area (TPSA) is 126 Å². The normalized spacial score (nSPS) is 19.7. The molecule has 176 valence electrons. The summed E-state index contributed by atoms with van der Waals surface area (Å²) in [5, 5.41) is 13.1. The molecular formula is C22H33N5O4S. The fourth-order valence-electron chi connectivity index (χ4n) is 3.76. The molecule has 1 aromatic carbocycles. The molecular weight excluding hydrogens is 430 g/mol. The van der Waals surface area contributed by atoms with Crippen molar-refractivity contribution in [1.29, 1.82) is 5.41 Å². The number of anilines is 1. The van der Waals surface area contributed by atoms with Gasteiger partial charge >= 0.3 is 6.09 Å². The molecule has 9 nitrogen and oxygen atoms in total. The van der Waals surface area contributed by atoms with Crippen LogP contribution in [-0.2, 0) is 14.8 Å². The van der Waals surface area contributed by atoms with E-state index in [1.807, 2.05) is 20.8 Å². The lowest BCUT2D eigenvalue weighted by Gasteiger charge is -2.30. The van der Waals surface area contributed by atoms with E-state index in [-0.39, 0.29) is 12.1 Å². The molecule has 2 aromatic rings. The van der Waals surface area contributed by atoms with Crippen molar-refractivity contribution in [3.8, 4) is 0 Å². The van der Waals surface area contributed by atoms with E-state index >= 15 is 0 Å². The largest absolute Gasteiger partial charge is 0.444 e. The molecule has 0 spiro atoms. The van der Waals surface area contributed by atoms with Crippen LogP contribution in [-0.4, -0.2) is 52.6 Å². The standard InChI is InChI=1S/C22H33N5O4S/c1-14(2)32(29,30)27-19-12-15(13-23)6-11-18(19)26-20(27)24-16-7-9-17(10-8-16)25-21(28)31-22(3,4)5/h6,11-14,16-17,23H,7-10H2,1-5H3,(H,24,26)(H,25,28). The number of nitrogens with zero attached hydrogens (tertiary/aromatic N) is 2. The molecule has 1 fully saturated rings. The summed E-state index contributed by atoms with van der Waals surface area (Å²) in [6.45, 7) is 8.76. The minimum Gasteiger partial charge on any atom is -0.444 e. The van der Waals surface area contributed by atoms with Crippen LogP contribution in [0.5, 0.6) is 0 Å². The summed E-state index contributed by atoms with van der Waals surface area (Å²) >= 11 is 0. The molecule has 3 rings (SSSR count). The predicted octanol–water partition coefficient (Wildman–Crippen LogP) is 3.87. The number of carbonyl (C=O) groups excluding carboxylic acids is 1. The highest BCUT2D eigenvalue weighted by Gasteiger charge is 2.29. The van der Waals surface area contributed by atoms with Crippen molar-refractivity contribution in [2.45, 2.75) is 83.2 Å². The van der Waals surface area contributed by atoms with Crippen LogP contribution in [0.3, 0.4) is 0 Å². The first-order valence-electron chi connectivity index (χ1n) is 10.9. The van der Waals surface area contributed by atoms with Crippen molar-refractivity contribution in [2.24, 2.45) is 0 Å². The summed E-state index contributed by atoms with van der Waals surface area (Å²) in [6, 6.07) is 5.20. The van der Waals surface area contributed by atoms with Gasteiger partial charge in [-0.3, -0.25) is 0 Å². The minimum atomic E-state index is -3.67. The Hall–Kier alpha value is -2.62. The van der Waals surface area contributed by atoms with E-state index in [9.17, 15) is 13.2 Å². The van der Waals surface area contributed by atoms with Gasteiger partial charge in [-0.2, -0.15) is 0 Å². The molecule has 1 heterocycles. The maximum Gasteiger partial charge on any atom is 0.407 e. The molecule has 32 heavy (non-hydrogen) atoms. The van der Waals surface area contributed by atoms with Crippen LogP contribution in [0, 0.1) is 5.41 Å². The average Bonchev–Trinajstić information content (AvgIpc) is 3.05. The number of fused-ring (bicyclic) bond motifs is 1. The Kier molecular flexibility index (Phi) is 6.83. The lowest BCUT2D eigenvalue weighted by atomic mass is 9.91. The minimum absolute atomic E-state index is 0.0243. The molecule has 1 aliphatic rings. The zero-order valence-electron chi connectivity index (χ0n) is 19.3. The summed E-state index contributed by atoms with van der Waals surface area (Å²) in [5.74, 6) is 0.291. The Bertz CT molecular complexity index is 1090. The highest BCUT2D eigenvalue weighted by molar-refractivity contribution is 7.90. The van der Waals surface area contributed by atoms with E-state index in [2.05, 4.69) is 15.6 Å². The van der Waals surface area contributed by atoms with Crippen molar-refractivity contribution >= 4 is 39.3 Å². The molecule has 0 atom stereocenters. The fourth-order valence-corrected chi connectivity index (χ4v) is 4.94. The zero-order valence-corrected chi connectivity index (χ0v) is 20.1. The maximum absolute atomic E-state index is 13.1. The molecule has 3 N–H and O–H groups in total. The second-order valence-electron chi connectivity index (χ2n) is 9.53. The van der Waals surface area contributed by atoms with Gasteiger partial charge in [0, 0.05) is 18.3 Å². The molecule has 0 aliphatic heterocycles. The van der Waals surface area contributed by atoms with Gasteiger partial charge in [-0.05, 0) is 78.0 Å². The average molecular weight is 464 g/mol. The number of nitrogens with one attached hydrogen (secondary N) is 3. The quantitative estimate of drug-likeness (QED) is 0.558. The molecule has 1 saturated carbocycles. The molecule has 0 bridgehead atoms. The number of alkyl carbamates (subject to hydrolysis) is 1. The second-order valence-corrected chi connectivity index (χ2v) is 11.9. The fraction of sp³-hybridized carbons (Fsp3) is 0.591. The Morgan fingerprint density at radius 1 is 1.22 bits per heavy atom. The van der Waals surface area contributed by atoms with Crippen LogP contribution in [0.4, 0.5) is 10.7 Å². The first kappa shape index (κ1) is 24.0. The Morgan fingerprint density at radius 3 is 2.41 bits per heavy atom. The predicted molar refractivity (Wildman–Crippen MR) is 126 cm³/mol. The molecule has 1 aromatic heterocycles. The van der Waals surface area contributed by atoms with E-state index < -0.39 is 27.0 Å². The molecule has 0 saturated heterocycles. The number of rotatable bonds is 6. The van der Waals surface area contributed by atoms with Gasteiger partial charge in [0.2, 0.25) is 16.0 Å². The summed E-state index contributed by atoms with van der Waals surface area (Å²) in [4.78, 5) is 16.6. The maximum atomic E-state index is 13.1. The van der Waals surface area contributed by atoms with Crippen LogP contribution < -0.4 is 10.6 Å². The number of aromatic nitrogens is 2. The van der Waals surface area contributed by atoms with Gasteiger partial charge in [0.1, 0.15) is 5.60 Å². The lowest BCUT2D eigenvalue weighted by Crippen LogP contribution is -2.42. The summed E-state index contributed by atoms with van der Waals surface area (Å²) < 4.78 is 32.8. The van der Waals surface area contributed by atoms with Crippen molar-refractivity contribution in [3.63, 3.8) is 0 Å². The van der Waals surface area contributed by atoms with Crippen LogP contribution >= 0.6 is 0 Å². The SMILES string of the molecule is CC(C)S(=O)(=O)n1c(NC2CCC(NC(=O)OC(C)(C)C)CC2)nc2ccc(C=N)cc21.